The van der Waals surface area contributed by atoms with Crippen LogP contribution in [0.3, 0.4) is 0 Å². The minimum atomic E-state index is -0.745. The Morgan fingerprint density at radius 1 is 1.16 bits per heavy atom. The van der Waals surface area contributed by atoms with Crippen molar-refractivity contribution in [2.24, 2.45) is 0 Å². The van der Waals surface area contributed by atoms with Gasteiger partial charge in [0.1, 0.15) is 11.3 Å². The molecule has 1 heterocycles. The van der Waals surface area contributed by atoms with Crippen molar-refractivity contribution in [1.29, 1.82) is 0 Å². The Bertz CT molecular complexity index is 838. The van der Waals surface area contributed by atoms with Gasteiger partial charge in [0.2, 0.25) is 0 Å². The van der Waals surface area contributed by atoms with E-state index in [1.165, 1.54) is 11.6 Å². The summed E-state index contributed by atoms with van der Waals surface area (Å²) in [6.45, 7) is 0.756. The first-order valence-electron chi connectivity index (χ1n) is 7.65. The first-order chi connectivity index (χ1) is 12.0. The molecule has 0 unspecified atom stereocenters. The van der Waals surface area contributed by atoms with Crippen LogP contribution < -0.4 is 0 Å². The number of phenolic OH excluding ortho intramolecular Hbond substituents is 1. The predicted molar refractivity (Wildman–Crippen MR) is 99.4 cm³/mol. The third-order valence-electron chi connectivity index (χ3n) is 4.06. The molecule has 7 heteroatoms. The van der Waals surface area contributed by atoms with Crippen LogP contribution in [0.25, 0.3) is 0 Å². The molecule has 0 saturated heterocycles. The van der Waals surface area contributed by atoms with Crippen molar-refractivity contribution in [2.75, 3.05) is 13.2 Å². The van der Waals surface area contributed by atoms with Crippen LogP contribution in [0.15, 0.2) is 45.3 Å². The van der Waals surface area contributed by atoms with Gasteiger partial charge in [0.05, 0.1) is 4.47 Å². The number of hydrogen-bond acceptors (Lipinski definition) is 4. The summed E-state index contributed by atoms with van der Waals surface area (Å²) in [4.78, 5) is 26.2. The monoisotopic (exact) mass is 467 g/mol. The summed E-state index contributed by atoms with van der Waals surface area (Å²) in [5, 5.41) is 9.95. The molecule has 2 aromatic carbocycles. The number of halogens is 2. The fourth-order valence-electron chi connectivity index (χ4n) is 2.73. The minimum absolute atomic E-state index is 0.00182. The standard InChI is InChI=1S/C18H15Br2NO4/c19-13-7-14(17(23)15(20)8-13)18(24)25-10-16(22)21-6-5-11-3-1-2-4-12(11)9-21/h1-4,7-8,23H,5-6,9-10H2. The van der Waals surface area contributed by atoms with Crippen molar-refractivity contribution in [2.45, 2.75) is 13.0 Å². The molecule has 0 bridgehead atoms. The van der Waals surface area contributed by atoms with Crippen LogP contribution in [0.2, 0.25) is 0 Å². The normalized spacial score (nSPS) is 13.3. The summed E-state index contributed by atoms with van der Waals surface area (Å²) < 4.78 is 6.07. The van der Waals surface area contributed by atoms with Gasteiger partial charge in [0, 0.05) is 17.6 Å². The number of carbonyl (C=O) groups excluding carboxylic acids is 2. The Hall–Kier alpha value is -1.86. The van der Waals surface area contributed by atoms with E-state index in [0.717, 1.165) is 12.0 Å². The maximum absolute atomic E-state index is 12.3. The maximum atomic E-state index is 12.3. The lowest BCUT2D eigenvalue weighted by Crippen LogP contribution is -2.38. The molecule has 1 aliphatic rings. The van der Waals surface area contributed by atoms with Gasteiger partial charge in [-0.25, -0.2) is 4.79 Å². The third kappa shape index (κ3) is 4.04. The van der Waals surface area contributed by atoms with Gasteiger partial charge in [-0.15, -0.1) is 0 Å². The zero-order chi connectivity index (χ0) is 18.0. The highest BCUT2D eigenvalue weighted by molar-refractivity contribution is 9.11. The Kier molecular flexibility index (Phi) is 5.44. The Morgan fingerprint density at radius 3 is 2.64 bits per heavy atom. The fraction of sp³-hybridized carbons (Fsp3) is 0.222. The van der Waals surface area contributed by atoms with E-state index in [2.05, 4.69) is 37.9 Å². The summed E-state index contributed by atoms with van der Waals surface area (Å²) in [5.41, 5.74) is 2.35. The molecule has 0 aliphatic carbocycles. The summed E-state index contributed by atoms with van der Waals surface area (Å²) >= 11 is 6.41. The molecule has 0 atom stereocenters. The van der Waals surface area contributed by atoms with Gasteiger partial charge in [-0.3, -0.25) is 4.79 Å². The highest BCUT2D eigenvalue weighted by Gasteiger charge is 2.23. The van der Waals surface area contributed by atoms with E-state index in [-0.39, 0.29) is 23.8 Å². The Morgan fingerprint density at radius 2 is 1.88 bits per heavy atom. The number of fused-ring (bicyclic) bond motifs is 1. The van der Waals surface area contributed by atoms with E-state index in [0.29, 0.717) is 22.0 Å². The number of nitrogens with zero attached hydrogens (tertiary/aromatic N) is 1. The lowest BCUT2D eigenvalue weighted by Gasteiger charge is -2.28. The molecule has 0 spiro atoms. The Balaban J connectivity index is 1.62. The molecule has 0 aromatic heterocycles. The van der Waals surface area contributed by atoms with Gasteiger partial charge in [0.15, 0.2) is 6.61 Å². The molecule has 0 radical (unpaired) electrons. The van der Waals surface area contributed by atoms with Crippen LogP contribution in [0.4, 0.5) is 0 Å². The Labute approximate surface area is 161 Å². The number of amides is 1. The summed E-state index contributed by atoms with van der Waals surface area (Å²) in [6, 6.07) is 11.1. The van der Waals surface area contributed by atoms with Crippen LogP contribution in [-0.4, -0.2) is 35.0 Å². The van der Waals surface area contributed by atoms with E-state index in [1.807, 2.05) is 18.2 Å². The number of carbonyl (C=O) groups is 2. The molecular formula is C18H15Br2NO4. The van der Waals surface area contributed by atoms with Gasteiger partial charge >= 0.3 is 5.97 Å². The topological polar surface area (TPSA) is 66.8 Å². The second-order valence-electron chi connectivity index (χ2n) is 5.69. The van der Waals surface area contributed by atoms with Crippen LogP contribution in [0.5, 0.6) is 5.75 Å². The summed E-state index contributed by atoms with van der Waals surface area (Å²) in [7, 11) is 0. The second kappa shape index (κ2) is 7.58. The molecule has 1 aliphatic heterocycles. The molecule has 1 N–H and O–H groups in total. The lowest BCUT2D eigenvalue weighted by molar-refractivity contribution is -0.135. The number of aromatic hydroxyl groups is 1. The molecule has 0 saturated carbocycles. The van der Waals surface area contributed by atoms with Crippen LogP contribution >= 0.6 is 31.9 Å². The van der Waals surface area contributed by atoms with E-state index < -0.39 is 5.97 Å². The minimum Gasteiger partial charge on any atom is -0.506 e. The first kappa shape index (κ1) is 17.9. The van der Waals surface area contributed by atoms with Crippen molar-refractivity contribution in [3.63, 3.8) is 0 Å². The van der Waals surface area contributed by atoms with Crippen LogP contribution in [0, 0.1) is 0 Å². The number of ether oxygens (including phenoxy) is 1. The molecule has 1 amide bonds. The quantitative estimate of drug-likeness (QED) is 0.698. The predicted octanol–water partition coefficient (Wildman–Crippen LogP) is 3.66. The van der Waals surface area contributed by atoms with Crippen molar-refractivity contribution in [3.8, 4) is 5.75 Å². The number of esters is 1. The third-order valence-corrected chi connectivity index (χ3v) is 5.12. The number of benzene rings is 2. The van der Waals surface area contributed by atoms with Gasteiger partial charge < -0.3 is 14.7 Å². The van der Waals surface area contributed by atoms with Gasteiger partial charge in [-0.1, -0.05) is 40.2 Å². The van der Waals surface area contributed by atoms with Gasteiger partial charge in [-0.2, -0.15) is 0 Å². The molecule has 130 valence electrons. The molecule has 2 aromatic rings. The number of phenols is 1. The SMILES string of the molecule is O=C(OCC(=O)N1CCc2ccccc2C1)c1cc(Br)cc(Br)c1O. The maximum Gasteiger partial charge on any atom is 0.342 e. The number of hydrogen-bond donors (Lipinski definition) is 1. The average molecular weight is 469 g/mol. The van der Waals surface area contributed by atoms with Crippen molar-refractivity contribution in [1.82, 2.24) is 4.90 Å². The van der Waals surface area contributed by atoms with E-state index in [9.17, 15) is 14.7 Å². The number of rotatable bonds is 3. The van der Waals surface area contributed by atoms with Gasteiger partial charge in [0.25, 0.3) is 5.91 Å². The van der Waals surface area contributed by atoms with Crippen molar-refractivity contribution < 1.29 is 19.4 Å². The molecule has 25 heavy (non-hydrogen) atoms. The van der Waals surface area contributed by atoms with E-state index in [4.69, 9.17) is 4.74 Å². The van der Waals surface area contributed by atoms with Crippen LogP contribution in [-0.2, 0) is 22.5 Å². The van der Waals surface area contributed by atoms with Crippen molar-refractivity contribution >= 4 is 43.7 Å². The first-order valence-corrected chi connectivity index (χ1v) is 9.24. The smallest absolute Gasteiger partial charge is 0.342 e. The second-order valence-corrected chi connectivity index (χ2v) is 7.46. The lowest BCUT2D eigenvalue weighted by atomic mass is 10.00. The highest BCUT2D eigenvalue weighted by atomic mass is 79.9. The average Bonchev–Trinajstić information content (AvgIpc) is 2.62. The zero-order valence-electron chi connectivity index (χ0n) is 13.2. The molecule has 3 rings (SSSR count). The molecule has 5 nitrogen and oxygen atoms in total. The van der Waals surface area contributed by atoms with E-state index in [1.54, 1.807) is 11.0 Å². The van der Waals surface area contributed by atoms with Gasteiger partial charge in [-0.05, 0) is 45.6 Å². The van der Waals surface area contributed by atoms with E-state index >= 15 is 0 Å². The molecular weight excluding hydrogens is 454 g/mol. The summed E-state index contributed by atoms with van der Waals surface area (Å²) in [5.74, 6) is -1.21. The van der Waals surface area contributed by atoms with Crippen molar-refractivity contribution in [3.05, 3.63) is 62.0 Å². The molecule has 0 fully saturated rings. The fourth-order valence-corrected chi connectivity index (χ4v) is 3.95. The highest BCUT2D eigenvalue weighted by Crippen LogP contribution is 2.32. The summed E-state index contributed by atoms with van der Waals surface area (Å²) in [6.07, 6.45) is 0.787. The van der Waals surface area contributed by atoms with Crippen LogP contribution in [0.1, 0.15) is 21.5 Å². The largest absolute Gasteiger partial charge is 0.506 e. The zero-order valence-corrected chi connectivity index (χ0v) is 16.3.